The third-order valence-corrected chi connectivity index (χ3v) is 4.15. The molecule has 5 nitrogen and oxygen atoms in total. The van der Waals surface area contributed by atoms with Gasteiger partial charge in [-0.1, -0.05) is 72.8 Å². The molecule has 0 fully saturated rings. The number of benzene rings is 3. The van der Waals surface area contributed by atoms with Crippen LogP contribution in [0, 0.1) is 0 Å². The van der Waals surface area contributed by atoms with E-state index in [0.29, 0.717) is 0 Å². The van der Waals surface area contributed by atoms with Gasteiger partial charge in [-0.2, -0.15) is 0 Å². The maximum Gasteiger partial charge on any atom is 0.402 e. The topological polar surface area (TPSA) is 95.6 Å². The van der Waals surface area contributed by atoms with Crippen LogP contribution in [0.1, 0.15) is 23.1 Å². The predicted octanol–water partition coefficient (Wildman–Crippen LogP) is 3.50. The molecule has 136 valence electrons. The fourth-order valence-electron chi connectivity index (χ4n) is 2.95. The maximum atomic E-state index is 10.8. The SMILES string of the molecule is CNCC(c1ccc2ccccc2c1)C(O)c1ccccc1.NC(=O)O. The van der Waals surface area contributed by atoms with E-state index in [2.05, 4.69) is 41.4 Å². The van der Waals surface area contributed by atoms with Crippen molar-refractivity contribution in [3.05, 3.63) is 83.9 Å². The van der Waals surface area contributed by atoms with Crippen molar-refractivity contribution in [3.63, 3.8) is 0 Å². The molecule has 0 aliphatic heterocycles. The summed E-state index contributed by atoms with van der Waals surface area (Å²) in [6.07, 6.45) is -1.85. The van der Waals surface area contributed by atoms with Crippen LogP contribution >= 0.6 is 0 Å². The number of carbonyl (C=O) groups is 1. The number of nitrogens with two attached hydrogens (primary N) is 1. The molecular formula is C21H24N2O3. The minimum Gasteiger partial charge on any atom is -0.465 e. The summed E-state index contributed by atoms with van der Waals surface area (Å²) in [5.74, 6) is 0.0250. The molecule has 0 aliphatic rings. The van der Waals surface area contributed by atoms with Gasteiger partial charge < -0.3 is 21.3 Å². The molecule has 3 aromatic carbocycles. The Bertz CT molecular complexity index is 833. The Morgan fingerprint density at radius 1 is 0.962 bits per heavy atom. The van der Waals surface area contributed by atoms with E-state index in [-0.39, 0.29) is 5.92 Å². The molecule has 3 aromatic rings. The van der Waals surface area contributed by atoms with Crippen LogP contribution < -0.4 is 11.1 Å². The summed E-state index contributed by atoms with van der Waals surface area (Å²) in [4.78, 5) is 8.78. The van der Waals surface area contributed by atoms with Crippen molar-refractivity contribution >= 4 is 16.9 Å². The molecule has 3 rings (SSSR count). The lowest BCUT2D eigenvalue weighted by Crippen LogP contribution is -2.23. The van der Waals surface area contributed by atoms with Gasteiger partial charge in [-0.15, -0.1) is 0 Å². The Morgan fingerprint density at radius 3 is 2.15 bits per heavy atom. The second-order valence-electron chi connectivity index (χ2n) is 5.96. The quantitative estimate of drug-likeness (QED) is 0.565. The Labute approximate surface area is 153 Å². The van der Waals surface area contributed by atoms with Crippen molar-refractivity contribution in [1.29, 1.82) is 0 Å². The smallest absolute Gasteiger partial charge is 0.402 e. The van der Waals surface area contributed by atoms with Crippen molar-refractivity contribution in [1.82, 2.24) is 5.32 Å². The molecule has 0 aliphatic carbocycles. The largest absolute Gasteiger partial charge is 0.465 e. The average Bonchev–Trinajstić information content (AvgIpc) is 2.65. The van der Waals surface area contributed by atoms with Crippen molar-refractivity contribution in [2.24, 2.45) is 5.73 Å². The molecule has 0 heterocycles. The normalized spacial score (nSPS) is 12.7. The summed E-state index contributed by atoms with van der Waals surface area (Å²) in [5.41, 5.74) is 6.14. The van der Waals surface area contributed by atoms with E-state index in [4.69, 9.17) is 9.90 Å². The molecule has 5 N–H and O–H groups in total. The fraction of sp³-hybridized carbons (Fsp3) is 0.190. The summed E-state index contributed by atoms with van der Waals surface area (Å²) in [7, 11) is 1.92. The van der Waals surface area contributed by atoms with Gasteiger partial charge in [-0.3, -0.25) is 0 Å². The average molecular weight is 352 g/mol. The third kappa shape index (κ3) is 5.31. The van der Waals surface area contributed by atoms with Gasteiger partial charge in [0.2, 0.25) is 0 Å². The highest BCUT2D eigenvalue weighted by Gasteiger charge is 2.22. The zero-order valence-corrected chi connectivity index (χ0v) is 14.7. The minimum atomic E-state index is -1.33. The van der Waals surface area contributed by atoms with Gasteiger partial charge in [0.1, 0.15) is 0 Å². The first-order valence-corrected chi connectivity index (χ1v) is 8.37. The number of fused-ring (bicyclic) bond motifs is 1. The number of hydrogen-bond donors (Lipinski definition) is 4. The van der Waals surface area contributed by atoms with Crippen LogP contribution in [0.2, 0.25) is 0 Å². The molecule has 5 heteroatoms. The van der Waals surface area contributed by atoms with Crippen molar-refractivity contribution < 1.29 is 15.0 Å². The highest BCUT2D eigenvalue weighted by atomic mass is 16.4. The number of amides is 1. The first kappa shape index (κ1) is 19.4. The lowest BCUT2D eigenvalue weighted by atomic mass is 9.88. The number of likely N-dealkylation sites (N-methyl/N-ethyl adjacent to an activating group) is 1. The number of hydrogen-bond acceptors (Lipinski definition) is 3. The van der Waals surface area contributed by atoms with Crippen LogP contribution in [0.4, 0.5) is 4.79 Å². The number of nitrogens with one attached hydrogen (secondary N) is 1. The van der Waals surface area contributed by atoms with Gasteiger partial charge in [0, 0.05) is 12.5 Å². The van der Waals surface area contributed by atoms with E-state index in [1.807, 2.05) is 49.5 Å². The molecule has 2 atom stereocenters. The summed E-state index contributed by atoms with van der Waals surface area (Å²) < 4.78 is 0. The molecule has 0 saturated heterocycles. The van der Waals surface area contributed by atoms with E-state index in [9.17, 15) is 5.11 Å². The molecule has 26 heavy (non-hydrogen) atoms. The highest BCUT2D eigenvalue weighted by molar-refractivity contribution is 5.83. The number of carboxylic acid groups (broad SMARTS) is 1. The zero-order chi connectivity index (χ0) is 18.9. The fourth-order valence-corrected chi connectivity index (χ4v) is 2.95. The minimum absolute atomic E-state index is 0.0250. The highest BCUT2D eigenvalue weighted by Crippen LogP contribution is 2.32. The molecule has 0 spiro atoms. The van der Waals surface area contributed by atoms with Crippen LogP contribution in [-0.2, 0) is 0 Å². The van der Waals surface area contributed by atoms with Gasteiger partial charge in [0.05, 0.1) is 6.10 Å². The van der Waals surface area contributed by atoms with Crippen LogP contribution in [0.3, 0.4) is 0 Å². The Balaban J connectivity index is 0.000000552. The first-order valence-electron chi connectivity index (χ1n) is 8.37. The molecule has 0 saturated carbocycles. The second-order valence-corrected chi connectivity index (χ2v) is 5.96. The van der Waals surface area contributed by atoms with Crippen LogP contribution in [-0.4, -0.2) is 29.9 Å². The Hall–Kier alpha value is -2.89. The van der Waals surface area contributed by atoms with E-state index >= 15 is 0 Å². The van der Waals surface area contributed by atoms with Gasteiger partial charge in [-0.25, -0.2) is 4.79 Å². The lowest BCUT2D eigenvalue weighted by Gasteiger charge is -2.24. The number of aliphatic hydroxyl groups is 1. The Kier molecular flexibility index (Phi) is 7.14. The molecule has 2 unspecified atom stereocenters. The second kappa shape index (κ2) is 9.56. The Morgan fingerprint density at radius 2 is 1.54 bits per heavy atom. The van der Waals surface area contributed by atoms with Gasteiger partial charge in [0.25, 0.3) is 0 Å². The number of aliphatic hydroxyl groups excluding tert-OH is 1. The number of rotatable bonds is 5. The molecule has 1 amide bonds. The summed E-state index contributed by atoms with van der Waals surface area (Å²) in [6.45, 7) is 0.731. The predicted molar refractivity (Wildman–Crippen MR) is 104 cm³/mol. The first-order chi connectivity index (χ1) is 12.5. The molecule has 0 radical (unpaired) electrons. The molecule has 0 bridgehead atoms. The summed E-state index contributed by atoms with van der Waals surface area (Å²) in [6, 6.07) is 24.6. The van der Waals surface area contributed by atoms with Crippen LogP contribution in [0.15, 0.2) is 72.8 Å². The van der Waals surface area contributed by atoms with Gasteiger partial charge in [-0.05, 0) is 28.9 Å². The zero-order valence-electron chi connectivity index (χ0n) is 14.7. The summed E-state index contributed by atoms with van der Waals surface area (Å²) >= 11 is 0. The van der Waals surface area contributed by atoms with Gasteiger partial charge in [0.15, 0.2) is 0 Å². The van der Waals surface area contributed by atoms with E-state index < -0.39 is 12.2 Å². The monoisotopic (exact) mass is 352 g/mol. The van der Waals surface area contributed by atoms with Crippen molar-refractivity contribution in [2.75, 3.05) is 13.6 Å². The van der Waals surface area contributed by atoms with Gasteiger partial charge >= 0.3 is 6.09 Å². The van der Waals surface area contributed by atoms with Crippen molar-refractivity contribution in [2.45, 2.75) is 12.0 Å². The standard InChI is InChI=1S/C20H21NO.CH3NO2/c1-21-14-19(20(22)16-8-3-2-4-9-16)18-12-11-15-7-5-6-10-17(15)13-18;2-1(3)4/h2-13,19-22H,14H2,1H3;2H2,(H,3,4). The molecule has 0 aromatic heterocycles. The van der Waals surface area contributed by atoms with Crippen LogP contribution in [0.5, 0.6) is 0 Å². The maximum absolute atomic E-state index is 10.8. The number of primary amides is 1. The van der Waals surface area contributed by atoms with Crippen molar-refractivity contribution in [3.8, 4) is 0 Å². The summed E-state index contributed by atoms with van der Waals surface area (Å²) in [5, 5.41) is 23.6. The lowest BCUT2D eigenvalue weighted by molar-refractivity contribution is 0.144. The van der Waals surface area contributed by atoms with Crippen LogP contribution in [0.25, 0.3) is 10.8 Å². The van der Waals surface area contributed by atoms with E-state index in [1.165, 1.54) is 10.8 Å². The molecular weight excluding hydrogens is 328 g/mol. The third-order valence-electron chi connectivity index (χ3n) is 4.15. The van der Waals surface area contributed by atoms with E-state index in [1.54, 1.807) is 0 Å². The van der Waals surface area contributed by atoms with E-state index in [0.717, 1.165) is 17.7 Å².